The largest absolute Gasteiger partial charge is 0.461 e. The van der Waals surface area contributed by atoms with Gasteiger partial charge in [0.15, 0.2) is 0 Å². The number of para-hydroxylation sites is 1. The van der Waals surface area contributed by atoms with E-state index in [2.05, 4.69) is 10.3 Å². The maximum Gasteiger partial charge on any atom is 0.328 e. The first-order valence-corrected chi connectivity index (χ1v) is 6.80. The van der Waals surface area contributed by atoms with Gasteiger partial charge in [0.25, 0.3) is 0 Å². The van der Waals surface area contributed by atoms with E-state index < -0.39 is 0 Å². The quantitative estimate of drug-likeness (QED) is 0.794. The minimum Gasteiger partial charge on any atom is -0.461 e. The van der Waals surface area contributed by atoms with Gasteiger partial charge in [-0.15, -0.1) is 5.10 Å². The first kappa shape index (κ1) is 12.1. The van der Waals surface area contributed by atoms with Gasteiger partial charge in [-0.2, -0.15) is 0 Å². The van der Waals surface area contributed by atoms with Crippen molar-refractivity contribution in [3.05, 3.63) is 24.3 Å². The van der Waals surface area contributed by atoms with Crippen LogP contribution in [0.4, 0.5) is 0 Å². The van der Waals surface area contributed by atoms with E-state index in [0.29, 0.717) is 0 Å². The fourth-order valence-corrected chi connectivity index (χ4v) is 2.56. The predicted molar refractivity (Wildman–Crippen MR) is 70.5 cm³/mol. The maximum absolute atomic E-state index is 11.9. The van der Waals surface area contributed by atoms with Gasteiger partial charge in [-0.05, 0) is 37.8 Å². The summed E-state index contributed by atoms with van der Waals surface area (Å²) < 4.78 is 7.08. The van der Waals surface area contributed by atoms with Crippen LogP contribution < -0.4 is 0 Å². The molecule has 1 aromatic heterocycles. The normalized spacial score (nSPS) is 16.6. The number of carbonyl (C=O) groups excluding carboxylic acids is 1. The molecule has 1 aliphatic rings. The van der Waals surface area contributed by atoms with Gasteiger partial charge in [-0.1, -0.05) is 23.8 Å². The fourth-order valence-electron chi connectivity index (χ4n) is 2.56. The van der Waals surface area contributed by atoms with Crippen LogP contribution in [0.3, 0.4) is 0 Å². The predicted octanol–water partition coefficient (Wildman–Crippen LogP) is 2.31. The van der Waals surface area contributed by atoms with Crippen LogP contribution in [0, 0.1) is 0 Å². The lowest BCUT2D eigenvalue weighted by Gasteiger charge is -2.21. The summed E-state index contributed by atoms with van der Waals surface area (Å²) in [5.74, 6) is -0.220. The van der Waals surface area contributed by atoms with Gasteiger partial charge in [0.05, 0.1) is 5.52 Å². The second-order valence-electron chi connectivity index (χ2n) is 4.99. The fraction of sp³-hybridized carbons (Fsp3) is 0.500. The third-order valence-corrected chi connectivity index (χ3v) is 3.55. The molecular weight excluding hydrogens is 242 g/mol. The van der Waals surface area contributed by atoms with Crippen molar-refractivity contribution in [1.29, 1.82) is 0 Å². The van der Waals surface area contributed by atoms with Crippen molar-refractivity contribution < 1.29 is 9.53 Å². The maximum atomic E-state index is 11.9. The van der Waals surface area contributed by atoms with Gasteiger partial charge >= 0.3 is 5.97 Å². The molecule has 0 spiro atoms. The summed E-state index contributed by atoms with van der Waals surface area (Å²) in [7, 11) is 0. The van der Waals surface area contributed by atoms with Gasteiger partial charge in [0, 0.05) is 0 Å². The Bertz CT molecular complexity index is 573. The first-order chi connectivity index (χ1) is 9.33. The highest BCUT2D eigenvalue weighted by Crippen LogP contribution is 2.20. The van der Waals surface area contributed by atoms with Crippen LogP contribution in [0.1, 0.15) is 32.1 Å². The summed E-state index contributed by atoms with van der Waals surface area (Å²) in [5.41, 5.74) is 1.66. The van der Waals surface area contributed by atoms with Gasteiger partial charge in [0.1, 0.15) is 18.2 Å². The van der Waals surface area contributed by atoms with Crippen molar-refractivity contribution in [2.75, 3.05) is 0 Å². The molecule has 0 saturated heterocycles. The van der Waals surface area contributed by atoms with Crippen LogP contribution in [-0.4, -0.2) is 27.1 Å². The van der Waals surface area contributed by atoms with E-state index in [-0.39, 0.29) is 18.6 Å². The van der Waals surface area contributed by atoms with Crippen molar-refractivity contribution in [1.82, 2.24) is 15.0 Å². The molecule has 3 rings (SSSR count). The van der Waals surface area contributed by atoms with E-state index in [1.54, 1.807) is 4.68 Å². The zero-order valence-corrected chi connectivity index (χ0v) is 10.8. The standard InChI is InChI=1S/C14H17N3O2/c18-14(19-11-6-2-1-3-7-11)10-17-13-9-5-4-8-12(13)15-16-17/h4-5,8-9,11H,1-3,6-7,10H2. The number of esters is 1. The van der Waals surface area contributed by atoms with E-state index in [0.717, 1.165) is 36.7 Å². The summed E-state index contributed by atoms with van der Waals surface area (Å²) in [6, 6.07) is 7.60. The number of rotatable bonds is 3. The Morgan fingerprint density at radius 3 is 2.89 bits per heavy atom. The Labute approximate surface area is 111 Å². The van der Waals surface area contributed by atoms with Gasteiger partial charge < -0.3 is 4.74 Å². The Morgan fingerprint density at radius 1 is 1.26 bits per heavy atom. The lowest BCUT2D eigenvalue weighted by molar-refractivity contribution is -0.151. The highest BCUT2D eigenvalue weighted by atomic mass is 16.5. The molecule has 1 saturated carbocycles. The lowest BCUT2D eigenvalue weighted by Crippen LogP contribution is -2.24. The third-order valence-electron chi connectivity index (χ3n) is 3.55. The van der Waals surface area contributed by atoms with Crippen molar-refractivity contribution in [3.8, 4) is 0 Å². The Kier molecular flexibility index (Phi) is 3.44. The van der Waals surface area contributed by atoms with E-state index in [4.69, 9.17) is 4.74 Å². The zero-order chi connectivity index (χ0) is 13.1. The first-order valence-electron chi connectivity index (χ1n) is 6.80. The Morgan fingerprint density at radius 2 is 2.05 bits per heavy atom. The molecule has 2 aromatic rings. The zero-order valence-electron chi connectivity index (χ0n) is 10.8. The molecule has 5 nitrogen and oxygen atoms in total. The molecule has 1 heterocycles. The summed E-state index contributed by atoms with van der Waals surface area (Å²) in [6.07, 6.45) is 5.64. The Hall–Kier alpha value is -1.91. The molecule has 19 heavy (non-hydrogen) atoms. The van der Waals surface area contributed by atoms with Crippen LogP contribution in [0.2, 0.25) is 0 Å². The van der Waals surface area contributed by atoms with Gasteiger partial charge in [-0.3, -0.25) is 4.79 Å². The molecule has 1 aromatic carbocycles. The number of aromatic nitrogens is 3. The van der Waals surface area contributed by atoms with Crippen LogP contribution in [-0.2, 0) is 16.1 Å². The number of fused-ring (bicyclic) bond motifs is 1. The molecular formula is C14H17N3O2. The Balaban J connectivity index is 1.65. The summed E-state index contributed by atoms with van der Waals surface area (Å²) in [4.78, 5) is 11.9. The second-order valence-corrected chi connectivity index (χ2v) is 4.99. The topological polar surface area (TPSA) is 57.0 Å². The molecule has 0 aliphatic heterocycles. The number of benzene rings is 1. The van der Waals surface area contributed by atoms with Crippen LogP contribution in [0.5, 0.6) is 0 Å². The van der Waals surface area contributed by atoms with Crippen molar-refractivity contribution in [3.63, 3.8) is 0 Å². The lowest BCUT2D eigenvalue weighted by atomic mass is 9.98. The number of ether oxygens (including phenoxy) is 1. The summed E-state index contributed by atoms with van der Waals surface area (Å²) >= 11 is 0. The van der Waals surface area contributed by atoms with Crippen LogP contribution >= 0.6 is 0 Å². The number of carbonyl (C=O) groups is 1. The monoisotopic (exact) mass is 259 g/mol. The van der Waals surface area contributed by atoms with Crippen LogP contribution in [0.25, 0.3) is 11.0 Å². The minimum atomic E-state index is -0.220. The third kappa shape index (κ3) is 2.75. The van der Waals surface area contributed by atoms with E-state index >= 15 is 0 Å². The summed E-state index contributed by atoms with van der Waals surface area (Å²) in [5, 5.41) is 8.02. The SMILES string of the molecule is O=C(Cn1nnc2ccccc21)OC1CCCCC1. The second kappa shape index (κ2) is 5.38. The molecule has 0 unspecified atom stereocenters. The molecule has 0 bridgehead atoms. The minimum absolute atomic E-state index is 0.0936. The van der Waals surface area contributed by atoms with Crippen molar-refractivity contribution in [2.45, 2.75) is 44.8 Å². The van der Waals surface area contributed by atoms with E-state index in [1.165, 1.54) is 6.42 Å². The van der Waals surface area contributed by atoms with E-state index in [9.17, 15) is 4.79 Å². The van der Waals surface area contributed by atoms with Crippen LogP contribution in [0.15, 0.2) is 24.3 Å². The smallest absolute Gasteiger partial charge is 0.328 e. The molecule has 0 amide bonds. The molecule has 100 valence electrons. The molecule has 1 aliphatic carbocycles. The average molecular weight is 259 g/mol. The van der Waals surface area contributed by atoms with E-state index in [1.807, 2.05) is 24.3 Å². The van der Waals surface area contributed by atoms with Crippen molar-refractivity contribution >= 4 is 17.0 Å². The molecule has 0 N–H and O–H groups in total. The number of hydrogen-bond donors (Lipinski definition) is 0. The molecule has 1 fully saturated rings. The molecule has 0 radical (unpaired) electrons. The molecule has 0 atom stereocenters. The van der Waals surface area contributed by atoms with Gasteiger partial charge in [-0.25, -0.2) is 4.68 Å². The highest BCUT2D eigenvalue weighted by Gasteiger charge is 2.18. The number of hydrogen-bond acceptors (Lipinski definition) is 4. The number of nitrogens with zero attached hydrogens (tertiary/aromatic N) is 3. The van der Waals surface area contributed by atoms with Gasteiger partial charge in [0.2, 0.25) is 0 Å². The summed E-state index contributed by atoms with van der Waals surface area (Å²) in [6.45, 7) is 0.136. The van der Waals surface area contributed by atoms with Crippen molar-refractivity contribution in [2.24, 2.45) is 0 Å². The average Bonchev–Trinajstić information content (AvgIpc) is 2.83. The molecule has 5 heteroatoms. The highest BCUT2D eigenvalue weighted by molar-refractivity contribution is 5.77.